The van der Waals surface area contributed by atoms with Gasteiger partial charge < -0.3 is 10.1 Å². The third-order valence-corrected chi connectivity index (χ3v) is 3.94. The van der Waals surface area contributed by atoms with Crippen LogP contribution in [0.4, 0.5) is 0 Å². The Balaban J connectivity index is 2.11. The number of esters is 1. The number of carbonyl (C=O) groups excluding carboxylic acids is 1. The lowest BCUT2D eigenvalue weighted by molar-refractivity contribution is -0.131. The zero-order valence-corrected chi connectivity index (χ0v) is 14.5. The molecular weight excluding hydrogens is 290 g/mol. The second-order valence-corrected chi connectivity index (χ2v) is 5.87. The molecule has 124 valence electrons. The van der Waals surface area contributed by atoms with E-state index in [-0.39, 0.29) is 12.0 Å². The second kappa shape index (κ2) is 7.42. The predicted octanol–water partition coefficient (Wildman–Crippen LogP) is 3.20. The molecule has 23 heavy (non-hydrogen) atoms. The van der Waals surface area contributed by atoms with Gasteiger partial charge in [-0.2, -0.15) is 5.10 Å². The molecule has 0 saturated carbocycles. The number of aromatic nitrogens is 2. The van der Waals surface area contributed by atoms with Crippen LogP contribution in [0, 0.1) is 13.8 Å². The molecule has 1 unspecified atom stereocenters. The minimum absolute atomic E-state index is 0.260. The van der Waals surface area contributed by atoms with Crippen LogP contribution in [-0.4, -0.2) is 15.7 Å². The Morgan fingerprint density at radius 2 is 2.00 bits per heavy atom. The highest BCUT2D eigenvalue weighted by atomic mass is 16.5. The van der Waals surface area contributed by atoms with Crippen molar-refractivity contribution < 1.29 is 9.53 Å². The molecule has 0 radical (unpaired) electrons. The van der Waals surface area contributed by atoms with Gasteiger partial charge in [0.2, 0.25) is 0 Å². The van der Waals surface area contributed by atoms with Crippen LogP contribution >= 0.6 is 0 Å². The van der Waals surface area contributed by atoms with E-state index in [2.05, 4.69) is 29.5 Å². The van der Waals surface area contributed by atoms with Gasteiger partial charge in [0, 0.05) is 32.8 Å². The summed E-state index contributed by atoms with van der Waals surface area (Å²) >= 11 is 0. The van der Waals surface area contributed by atoms with Crippen molar-refractivity contribution in [2.45, 2.75) is 46.7 Å². The second-order valence-electron chi connectivity index (χ2n) is 5.87. The summed E-state index contributed by atoms with van der Waals surface area (Å²) in [5, 5.41) is 7.81. The van der Waals surface area contributed by atoms with Gasteiger partial charge in [-0.1, -0.05) is 19.1 Å². The van der Waals surface area contributed by atoms with Crippen molar-refractivity contribution in [1.29, 1.82) is 0 Å². The summed E-state index contributed by atoms with van der Waals surface area (Å²) in [7, 11) is 1.96. The molecule has 0 saturated heterocycles. The zero-order valence-electron chi connectivity index (χ0n) is 14.5. The zero-order chi connectivity index (χ0) is 17.0. The molecule has 1 N–H and O–H groups in total. The van der Waals surface area contributed by atoms with Crippen molar-refractivity contribution in [3.05, 3.63) is 46.8 Å². The van der Waals surface area contributed by atoms with Crippen LogP contribution in [0.3, 0.4) is 0 Å². The first kappa shape index (κ1) is 17.2. The largest absolute Gasteiger partial charge is 0.426 e. The molecule has 0 aliphatic rings. The van der Waals surface area contributed by atoms with Gasteiger partial charge in [0.15, 0.2) is 0 Å². The summed E-state index contributed by atoms with van der Waals surface area (Å²) < 4.78 is 7.19. The normalized spacial score (nSPS) is 12.2. The van der Waals surface area contributed by atoms with Gasteiger partial charge in [-0.15, -0.1) is 0 Å². The lowest BCUT2D eigenvalue weighted by Crippen LogP contribution is -2.22. The number of benzene rings is 1. The molecule has 5 heteroatoms. The lowest BCUT2D eigenvalue weighted by atomic mass is 10.0. The van der Waals surface area contributed by atoms with Crippen molar-refractivity contribution in [2.75, 3.05) is 0 Å². The van der Waals surface area contributed by atoms with Crippen LogP contribution < -0.4 is 10.1 Å². The van der Waals surface area contributed by atoms with Gasteiger partial charge in [-0.3, -0.25) is 9.48 Å². The van der Waals surface area contributed by atoms with Gasteiger partial charge in [-0.25, -0.2) is 0 Å². The molecule has 1 atom stereocenters. The Bertz CT molecular complexity index is 668. The predicted molar refractivity (Wildman–Crippen MR) is 90.3 cm³/mol. The topological polar surface area (TPSA) is 56.1 Å². The van der Waals surface area contributed by atoms with E-state index in [0.717, 1.165) is 24.1 Å². The summed E-state index contributed by atoms with van der Waals surface area (Å²) in [6.07, 6.45) is 2.81. The van der Waals surface area contributed by atoms with E-state index in [1.165, 1.54) is 18.2 Å². The van der Waals surface area contributed by atoms with Gasteiger partial charge in [-0.05, 0) is 43.0 Å². The first-order valence-corrected chi connectivity index (χ1v) is 7.92. The fourth-order valence-electron chi connectivity index (χ4n) is 2.87. The van der Waals surface area contributed by atoms with Crippen molar-refractivity contribution >= 4 is 5.97 Å². The highest BCUT2D eigenvalue weighted by molar-refractivity contribution is 5.70. The van der Waals surface area contributed by atoms with Crippen LogP contribution in [0.15, 0.2) is 24.4 Å². The maximum absolute atomic E-state index is 11.2. The number of rotatable bonds is 6. The van der Waals surface area contributed by atoms with Gasteiger partial charge >= 0.3 is 5.97 Å². The van der Waals surface area contributed by atoms with Crippen LogP contribution in [0.1, 0.15) is 48.7 Å². The molecule has 2 rings (SSSR count). The fourth-order valence-corrected chi connectivity index (χ4v) is 2.87. The third kappa shape index (κ3) is 4.20. The van der Waals surface area contributed by atoms with Crippen LogP contribution in [-0.2, 0) is 18.4 Å². The highest BCUT2D eigenvalue weighted by Crippen LogP contribution is 2.25. The molecule has 0 aliphatic carbocycles. The number of nitrogens with zero attached hydrogens (tertiary/aromatic N) is 2. The molecule has 0 amide bonds. The Morgan fingerprint density at radius 3 is 2.48 bits per heavy atom. The smallest absolute Gasteiger partial charge is 0.308 e. The molecule has 0 spiro atoms. The first-order chi connectivity index (χ1) is 10.9. The number of carbonyl (C=O) groups is 1. The van der Waals surface area contributed by atoms with E-state index in [9.17, 15) is 4.79 Å². The number of nitrogens with one attached hydrogen (secondary N) is 1. The van der Waals surface area contributed by atoms with Crippen molar-refractivity contribution in [3.63, 3.8) is 0 Å². The molecule has 1 aromatic carbocycles. The summed E-state index contributed by atoms with van der Waals surface area (Å²) in [6.45, 7) is 8.27. The Labute approximate surface area is 137 Å². The van der Waals surface area contributed by atoms with Gasteiger partial charge in [0.25, 0.3) is 0 Å². The number of ether oxygens (including phenoxy) is 1. The highest BCUT2D eigenvalue weighted by Gasteiger charge is 2.13. The lowest BCUT2D eigenvalue weighted by Gasteiger charge is -2.18. The molecule has 2 aromatic rings. The number of aryl methyl sites for hydroxylation is 3. The summed E-state index contributed by atoms with van der Waals surface area (Å²) in [4.78, 5) is 11.2. The SMILES string of the molecule is CCC(NCc1cc(C)c(OC(C)=O)c(C)c1)c1ccnn1C. The van der Waals surface area contributed by atoms with Crippen molar-refractivity contribution in [2.24, 2.45) is 7.05 Å². The Kier molecular flexibility index (Phi) is 5.55. The quantitative estimate of drug-likeness (QED) is 0.657. The summed E-state index contributed by atoms with van der Waals surface area (Å²) in [6, 6.07) is 6.43. The average Bonchev–Trinajstić information content (AvgIpc) is 2.90. The number of hydrogen-bond donors (Lipinski definition) is 1. The standard InChI is InChI=1S/C18H25N3O2/c1-6-16(17-7-8-20-21(17)5)19-11-15-9-12(2)18(13(3)10-15)23-14(4)22/h7-10,16,19H,6,11H2,1-5H3. The maximum atomic E-state index is 11.2. The average molecular weight is 315 g/mol. The minimum atomic E-state index is -0.288. The number of hydrogen-bond acceptors (Lipinski definition) is 4. The maximum Gasteiger partial charge on any atom is 0.308 e. The Morgan fingerprint density at radius 1 is 1.35 bits per heavy atom. The van der Waals surface area contributed by atoms with Crippen LogP contribution in [0.5, 0.6) is 5.75 Å². The molecule has 0 aliphatic heterocycles. The Hall–Kier alpha value is -2.14. The molecular formula is C18H25N3O2. The summed E-state index contributed by atoms with van der Waals surface area (Å²) in [5.74, 6) is 0.379. The van der Waals surface area contributed by atoms with Gasteiger partial charge in [0.05, 0.1) is 5.69 Å². The van der Waals surface area contributed by atoms with E-state index in [1.54, 1.807) is 0 Å². The first-order valence-electron chi connectivity index (χ1n) is 7.92. The molecule has 5 nitrogen and oxygen atoms in total. The molecule has 1 heterocycles. The van der Waals surface area contributed by atoms with E-state index in [4.69, 9.17) is 4.74 Å². The van der Waals surface area contributed by atoms with Crippen molar-refractivity contribution in [3.8, 4) is 5.75 Å². The summed E-state index contributed by atoms with van der Waals surface area (Å²) in [5.41, 5.74) is 4.31. The van der Waals surface area contributed by atoms with E-state index in [0.29, 0.717) is 5.75 Å². The third-order valence-electron chi connectivity index (χ3n) is 3.94. The van der Waals surface area contributed by atoms with Crippen molar-refractivity contribution in [1.82, 2.24) is 15.1 Å². The monoisotopic (exact) mass is 315 g/mol. The minimum Gasteiger partial charge on any atom is -0.426 e. The van der Waals surface area contributed by atoms with E-state index < -0.39 is 0 Å². The van der Waals surface area contributed by atoms with E-state index >= 15 is 0 Å². The van der Waals surface area contributed by atoms with Gasteiger partial charge in [0.1, 0.15) is 5.75 Å². The molecule has 0 bridgehead atoms. The molecule has 0 fully saturated rings. The fraction of sp³-hybridized carbons (Fsp3) is 0.444. The van der Waals surface area contributed by atoms with E-state index in [1.807, 2.05) is 37.8 Å². The van der Waals surface area contributed by atoms with Crippen LogP contribution in [0.2, 0.25) is 0 Å². The molecule has 1 aromatic heterocycles. The van der Waals surface area contributed by atoms with Crippen LogP contribution in [0.25, 0.3) is 0 Å².